The summed E-state index contributed by atoms with van der Waals surface area (Å²) in [5.74, 6) is 1.21. The lowest BCUT2D eigenvalue weighted by molar-refractivity contribution is 0.783. The summed E-state index contributed by atoms with van der Waals surface area (Å²) in [6.45, 7) is 5.63. The largest absolute Gasteiger partial charge is 0.350 e. The lowest BCUT2D eigenvalue weighted by atomic mass is 10.2. The van der Waals surface area contributed by atoms with Crippen LogP contribution in [-0.4, -0.2) is 23.0 Å². The summed E-state index contributed by atoms with van der Waals surface area (Å²) in [6, 6.07) is 10.2. The fourth-order valence-electron chi connectivity index (χ4n) is 2.34. The van der Waals surface area contributed by atoms with Gasteiger partial charge in [0.2, 0.25) is 0 Å². The summed E-state index contributed by atoms with van der Waals surface area (Å²) in [5.41, 5.74) is 3.30. The molecule has 26 heavy (non-hydrogen) atoms. The molecule has 0 radical (unpaired) electrons. The predicted octanol–water partition coefficient (Wildman–Crippen LogP) is 4.26. The third-order valence-electron chi connectivity index (χ3n) is 3.82. The van der Waals surface area contributed by atoms with E-state index in [1.807, 2.05) is 18.2 Å². The van der Waals surface area contributed by atoms with Crippen LogP contribution in [0, 0.1) is 0 Å². The Morgan fingerprint density at radius 3 is 2.27 bits per heavy atom. The average molecular weight is 386 g/mol. The van der Waals surface area contributed by atoms with E-state index in [0.717, 1.165) is 32.9 Å². The van der Waals surface area contributed by atoms with E-state index in [1.54, 1.807) is 29.7 Å². The smallest absolute Gasteiger partial charge is 0.191 e. The third-order valence-corrected chi connectivity index (χ3v) is 5.54. The summed E-state index contributed by atoms with van der Waals surface area (Å²) < 4.78 is 0. The first-order valence-corrected chi connectivity index (χ1v) is 10.3. The summed E-state index contributed by atoms with van der Waals surface area (Å²) in [5, 5.41) is 12.9. The van der Waals surface area contributed by atoms with Gasteiger partial charge in [-0.2, -0.15) is 0 Å². The molecule has 3 aromatic rings. The molecule has 0 bridgehead atoms. The number of benzene rings is 1. The fraction of sp³-hybridized carbons (Fsp3) is 0.316. The molecule has 0 aliphatic heterocycles. The zero-order valence-corrected chi connectivity index (χ0v) is 16.8. The molecule has 0 spiro atoms. The van der Waals surface area contributed by atoms with Gasteiger partial charge in [-0.25, -0.2) is 9.97 Å². The Morgan fingerprint density at radius 2 is 1.65 bits per heavy atom. The first-order valence-electron chi connectivity index (χ1n) is 8.54. The molecule has 2 heterocycles. The third kappa shape index (κ3) is 4.89. The highest BCUT2D eigenvalue weighted by Crippen LogP contribution is 2.21. The summed E-state index contributed by atoms with van der Waals surface area (Å²) in [7, 11) is 1.77. The quantitative estimate of drug-likeness (QED) is 0.492. The highest BCUT2D eigenvalue weighted by Gasteiger charge is 2.08. The van der Waals surface area contributed by atoms with Crippen molar-refractivity contribution in [3.8, 4) is 11.3 Å². The van der Waals surface area contributed by atoms with Gasteiger partial charge in [0.05, 0.1) is 24.5 Å². The molecule has 2 aromatic heterocycles. The van der Waals surface area contributed by atoms with E-state index in [-0.39, 0.29) is 0 Å². The first-order chi connectivity index (χ1) is 12.7. The molecular weight excluding hydrogens is 362 g/mol. The van der Waals surface area contributed by atoms with E-state index < -0.39 is 0 Å². The van der Waals surface area contributed by atoms with Crippen molar-refractivity contribution in [1.29, 1.82) is 0 Å². The van der Waals surface area contributed by atoms with E-state index in [0.29, 0.717) is 19.0 Å². The van der Waals surface area contributed by atoms with Crippen LogP contribution in [0.15, 0.2) is 46.1 Å². The lowest BCUT2D eigenvalue weighted by Gasteiger charge is -2.09. The maximum Gasteiger partial charge on any atom is 0.191 e. The van der Waals surface area contributed by atoms with E-state index in [1.165, 1.54) is 0 Å². The molecule has 5 nitrogen and oxygen atoms in total. The molecule has 3 rings (SSSR count). The van der Waals surface area contributed by atoms with Crippen LogP contribution in [-0.2, 0) is 13.1 Å². The Labute approximate surface area is 162 Å². The second kappa shape index (κ2) is 8.91. The van der Waals surface area contributed by atoms with Gasteiger partial charge in [-0.1, -0.05) is 44.2 Å². The number of aromatic nitrogens is 2. The van der Waals surface area contributed by atoms with Gasteiger partial charge < -0.3 is 10.6 Å². The minimum Gasteiger partial charge on any atom is -0.350 e. The van der Waals surface area contributed by atoms with Crippen LogP contribution in [0.5, 0.6) is 0 Å². The van der Waals surface area contributed by atoms with Crippen molar-refractivity contribution in [2.24, 2.45) is 4.99 Å². The Morgan fingerprint density at radius 1 is 1.00 bits per heavy atom. The number of hydrogen-bond acceptors (Lipinski definition) is 5. The molecule has 136 valence electrons. The number of aliphatic imine (C=N–C) groups is 1. The van der Waals surface area contributed by atoms with Crippen molar-refractivity contribution in [2.45, 2.75) is 32.9 Å². The van der Waals surface area contributed by atoms with Crippen molar-refractivity contribution < 1.29 is 0 Å². The van der Waals surface area contributed by atoms with Crippen molar-refractivity contribution >= 4 is 28.6 Å². The zero-order chi connectivity index (χ0) is 18.4. The molecule has 1 aromatic carbocycles. The number of guanidine groups is 1. The normalized spacial score (nSPS) is 11.8. The van der Waals surface area contributed by atoms with Crippen molar-refractivity contribution in [2.75, 3.05) is 7.05 Å². The van der Waals surface area contributed by atoms with Crippen LogP contribution in [0.1, 0.15) is 35.5 Å². The predicted molar refractivity (Wildman–Crippen MR) is 111 cm³/mol. The number of rotatable bonds is 6. The summed E-state index contributed by atoms with van der Waals surface area (Å²) in [6.07, 6.45) is 0. The van der Waals surface area contributed by atoms with Gasteiger partial charge in [0, 0.05) is 23.4 Å². The van der Waals surface area contributed by atoms with Crippen LogP contribution in [0.4, 0.5) is 0 Å². The Kier molecular flexibility index (Phi) is 6.35. The molecule has 7 heteroatoms. The monoisotopic (exact) mass is 385 g/mol. The topological polar surface area (TPSA) is 62.2 Å². The highest BCUT2D eigenvalue weighted by atomic mass is 32.1. The van der Waals surface area contributed by atoms with Crippen LogP contribution in [0.3, 0.4) is 0 Å². The Hall–Kier alpha value is -2.25. The number of nitrogens with one attached hydrogen (secondary N) is 2. The lowest BCUT2D eigenvalue weighted by Crippen LogP contribution is -2.36. The summed E-state index contributed by atoms with van der Waals surface area (Å²) in [4.78, 5) is 13.6. The zero-order valence-electron chi connectivity index (χ0n) is 15.2. The number of thiazole rings is 2. The van der Waals surface area contributed by atoms with E-state index >= 15 is 0 Å². The van der Waals surface area contributed by atoms with Gasteiger partial charge in [0.25, 0.3) is 0 Å². The van der Waals surface area contributed by atoms with Crippen LogP contribution in [0.2, 0.25) is 0 Å². The van der Waals surface area contributed by atoms with Gasteiger partial charge in [-0.05, 0) is 5.92 Å². The minimum absolute atomic E-state index is 0.459. The van der Waals surface area contributed by atoms with Gasteiger partial charge in [-0.3, -0.25) is 4.99 Å². The molecule has 0 aliphatic rings. The van der Waals surface area contributed by atoms with Gasteiger partial charge in [-0.15, -0.1) is 22.7 Å². The van der Waals surface area contributed by atoms with E-state index in [9.17, 15) is 0 Å². The second-order valence-corrected chi connectivity index (χ2v) is 7.98. The Bertz CT molecular complexity index is 852. The first kappa shape index (κ1) is 18.5. The van der Waals surface area contributed by atoms with Crippen LogP contribution < -0.4 is 10.6 Å². The van der Waals surface area contributed by atoms with Crippen molar-refractivity contribution in [1.82, 2.24) is 20.6 Å². The maximum atomic E-state index is 4.69. The molecular formula is C19H23N5S2. The molecule has 0 saturated heterocycles. The standard InChI is InChI=1S/C19H23N5S2/c1-13(2)15-11-25-17(23-15)9-21-19(20-3)22-10-18-24-16(12-26-18)14-7-5-4-6-8-14/h4-8,11-13H,9-10H2,1-3H3,(H2,20,21,22). The molecule has 0 saturated carbocycles. The number of nitrogens with zero attached hydrogens (tertiary/aromatic N) is 3. The fourth-order valence-corrected chi connectivity index (χ4v) is 3.98. The Balaban J connectivity index is 1.52. The molecule has 2 N–H and O–H groups in total. The SMILES string of the molecule is CN=C(NCc1nc(-c2ccccc2)cs1)NCc1nc(C(C)C)cs1. The number of hydrogen-bond donors (Lipinski definition) is 2. The van der Waals surface area contributed by atoms with E-state index in [2.05, 4.69) is 57.4 Å². The summed E-state index contributed by atoms with van der Waals surface area (Å²) >= 11 is 3.33. The minimum atomic E-state index is 0.459. The maximum absolute atomic E-state index is 4.69. The van der Waals surface area contributed by atoms with Crippen molar-refractivity contribution in [3.05, 3.63) is 56.8 Å². The molecule has 0 unspecified atom stereocenters. The molecule has 0 aliphatic carbocycles. The second-order valence-electron chi connectivity index (χ2n) is 6.09. The molecule has 0 amide bonds. The van der Waals surface area contributed by atoms with Crippen LogP contribution >= 0.6 is 22.7 Å². The molecule has 0 fully saturated rings. The molecule has 0 atom stereocenters. The van der Waals surface area contributed by atoms with Crippen LogP contribution in [0.25, 0.3) is 11.3 Å². The van der Waals surface area contributed by atoms with Gasteiger partial charge in [0.15, 0.2) is 5.96 Å². The van der Waals surface area contributed by atoms with Crippen molar-refractivity contribution in [3.63, 3.8) is 0 Å². The van der Waals surface area contributed by atoms with Gasteiger partial charge in [0.1, 0.15) is 10.0 Å². The van der Waals surface area contributed by atoms with Gasteiger partial charge >= 0.3 is 0 Å². The van der Waals surface area contributed by atoms with E-state index in [4.69, 9.17) is 4.98 Å². The average Bonchev–Trinajstić information content (AvgIpc) is 3.32. The highest BCUT2D eigenvalue weighted by molar-refractivity contribution is 7.10.